The number of aliphatic hydroxyl groups is 1. The molecular weight excluding hydrogens is 270 g/mol. The molecule has 0 atom stereocenters. The molecule has 1 rings (SSSR count). The van der Waals surface area contributed by atoms with Crippen LogP contribution in [-0.2, 0) is 0 Å². The highest BCUT2D eigenvalue weighted by atomic mass is 79.9. The van der Waals surface area contributed by atoms with Gasteiger partial charge in [-0.2, -0.15) is 0 Å². The average molecular weight is 288 g/mol. The third kappa shape index (κ3) is 2.04. The van der Waals surface area contributed by atoms with Crippen LogP contribution in [0.5, 0.6) is 5.75 Å². The molecule has 1 N–H and O–H groups in total. The zero-order valence-electron chi connectivity index (χ0n) is 10.4. The number of hydrogen-bond acceptors (Lipinski definition) is 3. The maximum absolute atomic E-state index is 9.24. The molecular formula is C12H18BrNO2. The predicted molar refractivity (Wildman–Crippen MR) is 70.4 cm³/mol. The Kier molecular flexibility index (Phi) is 4.21. The van der Waals surface area contributed by atoms with Crippen LogP contribution >= 0.6 is 15.9 Å². The molecule has 0 saturated heterocycles. The normalized spacial score (nSPS) is 10.4. The van der Waals surface area contributed by atoms with Gasteiger partial charge in [-0.1, -0.05) is 15.9 Å². The van der Waals surface area contributed by atoms with Crippen molar-refractivity contribution in [3.63, 3.8) is 0 Å². The van der Waals surface area contributed by atoms with Gasteiger partial charge in [0, 0.05) is 11.5 Å². The fourth-order valence-electron chi connectivity index (χ4n) is 1.85. The molecule has 0 amide bonds. The van der Waals surface area contributed by atoms with E-state index in [9.17, 15) is 5.11 Å². The molecule has 1 aromatic carbocycles. The van der Waals surface area contributed by atoms with Gasteiger partial charge in [-0.15, -0.1) is 0 Å². The van der Waals surface area contributed by atoms with Crippen LogP contribution in [0.1, 0.15) is 16.7 Å². The van der Waals surface area contributed by atoms with E-state index < -0.39 is 0 Å². The quantitative estimate of drug-likeness (QED) is 0.868. The highest BCUT2D eigenvalue weighted by Gasteiger charge is 2.18. The Morgan fingerprint density at radius 2 is 1.75 bits per heavy atom. The molecule has 90 valence electrons. The molecule has 0 aliphatic rings. The van der Waals surface area contributed by atoms with Gasteiger partial charge in [-0.3, -0.25) is 0 Å². The van der Waals surface area contributed by atoms with Crippen molar-refractivity contribution in [2.45, 2.75) is 20.8 Å². The lowest BCUT2D eigenvalue weighted by molar-refractivity contribution is 0.296. The van der Waals surface area contributed by atoms with Gasteiger partial charge in [0.15, 0.2) is 0 Å². The number of nitrogens with zero attached hydrogens (tertiary/aromatic N) is 1. The van der Waals surface area contributed by atoms with Crippen LogP contribution < -0.4 is 9.64 Å². The van der Waals surface area contributed by atoms with Gasteiger partial charge in [-0.25, -0.2) is 0 Å². The fourth-order valence-corrected chi connectivity index (χ4v) is 2.33. The molecule has 0 saturated carbocycles. The SMILES string of the molecule is COc1c(C)c(C)c(Br)c(C)c1N(C)CO. The molecule has 0 aliphatic heterocycles. The van der Waals surface area contributed by atoms with E-state index in [-0.39, 0.29) is 6.73 Å². The largest absolute Gasteiger partial charge is 0.494 e. The first-order valence-corrected chi connectivity index (χ1v) is 5.90. The van der Waals surface area contributed by atoms with Gasteiger partial charge in [0.1, 0.15) is 12.5 Å². The number of benzene rings is 1. The number of aliphatic hydroxyl groups excluding tert-OH is 1. The zero-order valence-corrected chi connectivity index (χ0v) is 12.0. The highest BCUT2D eigenvalue weighted by Crippen LogP contribution is 2.41. The lowest BCUT2D eigenvalue weighted by atomic mass is 10.0. The monoisotopic (exact) mass is 287 g/mol. The molecule has 16 heavy (non-hydrogen) atoms. The molecule has 0 aliphatic carbocycles. The van der Waals surface area contributed by atoms with Gasteiger partial charge < -0.3 is 14.7 Å². The summed E-state index contributed by atoms with van der Waals surface area (Å²) in [6, 6.07) is 0. The third-order valence-corrected chi connectivity index (χ3v) is 4.12. The van der Waals surface area contributed by atoms with Crippen molar-refractivity contribution in [2.75, 3.05) is 25.8 Å². The summed E-state index contributed by atoms with van der Waals surface area (Å²) in [6.07, 6.45) is 0. The highest BCUT2D eigenvalue weighted by molar-refractivity contribution is 9.10. The van der Waals surface area contributed by atoms with Crippen LogP contribution in [0.15, 0.2) is 4.47 Å². The molecule has 0 spiro atoms. The van der Waals surface area contributed by atoms with Crippen molar-refractivity contribution < 1.29 is 9.84 Å². The second-order valence-electron chi connectivity index (χ2n) is 3.91. The lowest BCUT2D eigenvalue weighted by Crippen LogP contribution is -2.20. The van der Waals surface area contributed by atoms with Gasteiger partial charge in [0.25, 0.3) is 0 Å². The molecule has 4 heteroatoms. The van der Waals surface area contributed by atoms with Gasteiger partial charge in [0.05, 0.1) is 12.8 Å². The molecule has 0 radical (unpaired) electrons. The van der Waals surface area contributed by atoms with E-state index in [4.69, 9.17) is 4.74 Å². The second kappa shape index (κ2) is 5.06. The van der Waals surface area contributed by atoms with E-state index >= 15 is 0 Å². The molecule has 3 nitrogen and oxygen atoms in total. The van der Waals surface area contributed by atoms with Gasteiger partial charge in [0.2, 0.25) is 0 Å². The summed E-state index contributed by atoms with van der Waals surface area (Å²) >= 11 is 3.58. The number of ether oxygens (including phenoxy) is 1. The molecule has 0 aromatic heterocycles. The molecule has 0 heterocycles. The standard InChI is InChI=1S/C12H18BrNO2/c1-7-8(2)12(16-5)11(14(4)6-15)9(3)10(7)13/h15H,6H2,1-5H3. The second-order valence-corrected chi connectivity index (χ2v) is 4.70. The summed E-state index contributed by atoms with van der Waals surface area (Å²) < 4.78 is 6.51. The molecule has 0 unspecified atom stereocenters. The predicted octanol–water partition coefficient (Wildman–Crippen LogP) is 2.77. The Balaban J connectivity index is 3.57. The topological polar surface area (TPSA) is 32.7 Å². The third-order valence-electron chi connectivity index (χ3n) is 2.93. The Labute approximate surface area is 105 Å². The summed E-state index contributed by atoms with van der Waals surface area (Å²) in [5.74, 6) is 0.828. The van der Waals surface area contributed by atoms with Crippen molar-refractivity contribution in [1.29, 1.82) is 0 Å². The maximum atomic E-state index is 9.24. The van der Waals surface area contributed by atoms with Crippen LogP contribution in [0, 0.1) is 20.8 Å². The first-order chi connectivity index (χ1) is 7.45. The van der Waals surface area contributed by atoms with Crippen molar-refractivity contribution >= 4 is 21.6 Å². The minimum atomic E-state index is -0.0356. The number of rotatable bonds is 3. The Hall–Kier alpha value is -0.740. The average Bonchev–Trinajstić information content (AvgIpc) is 2.29. The van der Waals surface area contributed by atoms with E-state index in [0.29, 0.717) is 0 Å². The minimum absolute atomic E-state index is 0.0356. The summed E-state index contributed by atoms with van der Waals surface area (Å²) in [4.78, 5) is 1.77. The van der Waals surface area contributed by atoms with Crippen LogP contribution in [-0.4, -0.2) is 26.0 Å². The Morgan fingerprint density at radius 3 is 2.19 bits per heavy atom. The lowest BCUT2D eigenvalue weighted by Gasteiger charge is -2.25. The van der Waals surface area contributed by atoms with Crippen LogP contribution in [0.4, 0.5) is 5.69 Å². The zero-order chi connectivity index (χ0) is 12.5. The molecule has 0 bridgehead atoms. The number of methoxy groups -OCH3 is 1. The van der Waals surface area contributed by atoms with E-state index in [1.807, 2.05) is 20.9 Å². The van der Waals surface area contributed by atoms with Crippen molar-refractivity contribution in [3.05, 3.63) is 21.2 Å². The first-order valence-electron chi connectivity index (χ1n) is 5.10. The fraction of sp³-hybridized carbons (Fsp3) is 0.500. The summed E-state index contributed by atoms with van der Waals surface area (Å²) in [6.45, 7) is 6.05. The first kappa shape index (κ1) is 13.3. The van der Waals surface area contributed by atoms with Crippen molar-refractivity contribution in [3.8, 4) is 5.75 Å². The number of hydrogen-bond donors (Lipinski definition) is 1. The molecule has 0 fully saturated rings. The van der Waals surface area contributed by atoms with E-state index in [1.54, 1.807) is 12.0 Å². The maximum Gasteiger partial charge on any atom is 0.145 e. The van der Waals surface area contributed by atoms with Crippen molar-refractivity contribution in [1.82, 2.24) is 0 Å². The van der Waals surface area contributed by atoms with Gasteiger partial charge in [-0.05, 0) is 37.5 Å². The Bertz CT molecular complexity index is 405. The van der Waals surface area contributed by atoms with Crippen LogP contribution in [0.2, 0.25) is 0 Å². The van der Waals surface area contributed by atoms with Gasteiger partial charge >= 0.3 is 0 Å². The van der Waals surface area contributed by atoms with E-state index in [0.717, 1.165) is 27.0 Å². The smallest absolute Gasteiger partial charge is 0.145 e. The van der Waals surface area contributed by atoms with E-state index in [2.05, 4.69) is 22.9 Å². The number of halogens is 1. The van der Waals surface area contributed by atoms with E-state index in [1.165, 1.54) is 5.56 Å². The minimum Gasteiger partial charge on any atom is -0.494 e. The summed E-state index contributed by atoms with van der Waals surface area (Å²) in [5.41, 5.74) is 4.27. The Morgan fingerprint density at radius 1 is 1.19 bits per heavy atom. The summed E-state index contributed by atoms with van der Waals surface area (Å²) in [5, 5.41) is 9.24. The van der Waals surface area contributed by atoms with Crippen LogP contribution in [0.25, 0.3) is 0 Å². The number of anilines is 1. The van der Waals surface area contributed by atoms with Crippen molar-refractivity contribution in [2.24, 2.45) is 0 Å². The molecule has 1 aromatic rings. The van der Waals surface area contributed by atoms with Crippen LogP contribution in [0.3, 0.4) is 0 Å². The summed E-state index contributed by atoms with van der Waals surface area (Å²) in [7, 11) is 3.50.